The number of aliphatic hydroxyl groups excluding tert-OH is 1. The number of likely N-dealkylation sites (tertiary alicyclic amines) is 1. The molecule has 13 heteroatoms. The van der Waals surface area contributed by atoms with Crippen molar-refractivity contribution in [3.8, 4) is 0 Å². The Hall–Kier alpha value is -2.67. The summed E-state index contributed by atoms with van der Waals surface area (Å²) in [6.45, 7) is 6.33. The molecule has 1 unspecified atom stereocenters. The van der Waals surface area contributed by atoms with Gasteiger partial charge in [0.05, 0.1) is 12.6 Å². The molecule has 0 aromatic rings. The van der Waals surface area contributed by atoms with E-state index >= 15 is 0 Å². The summed E-state index contributed by atoms with van der Waals surface area (Å²) in [5.74, 6) is -1.83. The Morgan fingerprint density at radius 3 is 1.31 bits per heavy atom. The number of unbranched alkanes of at least 4 members (excludes halogenated alkanes) is 36. The Morgan fingerprint density at radius 2 is 0.907 bits per heavy atom. The lowest BCUT2D eigenvalue weighted by Crippen LogP contribution is -2.57. The van der Waals surface area contributed by atoms with Crippen LogP contribution in [-0.4, -0.2) is 101 Å². The summed E-state index contributed by atoms with van der Waals surface area (Å²) < 4.78 is 11.6. The molecule has 0 saturated carbocycles. The molecule has 1 aliphatic rings. The van der Waals surface area contributed by atoms with E-state index in [1.807, 2.05) is 0 Å². The van der Waals surface area contributed by atoms with Gasteiger partial charge in [-0.3, -0.25) is 24.0 Å². The van der Waals surface area contributed by atoms with Gasteiger partial charge in [-0.25, -0.2) is 0 Å². The van der Waals surface area contributed by atoms with Gasteiger partial charge in [0.15, 0.2) is 0 Å². The number of aldehydes is 1. The van der Waals surface area contributed by atoms with Crippen LogP contribution >= 0.6 is 11.8 Å². The van der Waals surface area contributed by atoms with Crippen molar-refractivity contribution in [1.82, 2.24) is 15.5 Å². The largest absolute Gasteiger partial charge is 0.462 e. The van der Waals surface area contributed by atoms with Crippen molar-refractivity contribution in [1.29, 1.82) is 0 Å². The SMILES string of the molecule is CCCCCCCCCCCCCCCC(=O)N[C@@H](CSCC(COC(=O)CCCCCCCCCCCCCCC)OC(=O)CCCCCCCCCCCCCCC)C(=O)N[C@@H](CO)C(=O)N1CCC[C@H]1C=O. The lowest BCUT2D eigenvalue weighted by atomic mass is 10.0. The zero-order valence-electron chi connectivity index (χ0n) is 48.6. The van der Waals surface area contributed by atoms with E-state index < -0.39 is 42.7 Å². The molecule has 1 aliphatic heterocycles. The molecule has 0 aromatic carbocycles. The number of hydrogen-bond acceptors (Lipinski definition) is 10. The molecular weight excluding hydrogens is 963 g/mol. The first-order valence-electron chi connectivity index (χ1n) is 31.6. The second-order valence-electron chi connectivity index (χ2n) is 22.1. The van der Waals surface area contributed by atoms with E-state index in [1.165, 1.54) is 196 Å². The summed E-state index contributed by atoms with van der Waals surface area (Å²) in [4.78, 5) is 79.9. The van der Waals surface area contributed by atoms with Crippen molar-refractivity contribution in [2.45, 2.75) is 328 Å². The van der Waals surface area contributed by atoms with Crippen molar-refractivity contribution in [2.75, 3.05) is 31.3 Å². The van der Waals surface area contributed by atoms with E-state index in [-0.39, 0.29) is 48.8 Å². The van der Waals surface area contributed by atoms with Crippen LogP contribution in [0.1, 0.15) is 303 Å². The number of ether oxygens (including phenoxy) is 2. The number of amides is 3. The van der Waals surface area contributed by atoms with E-state index in [0.717, 1.165) is 70.5 Å². The van der Waals surface area contributed by atoms with Crippen molar-refractivity contribution < 1.29 is 43.3 Å². The molecule has 3 amide bonds. The fraction of sp³-hybridized carbons (Fsp3) is 0.903. The van der Waals surface area contributed by atoms with Gasteiger partial charge in [0.1, 0.15) is 31.1 Å². The summed E-state index contributed by atoms with van der Waals surface area (Å²) in [6.07, 6.45) is 48.8. The van der Waals surface area contributed by atoms with E-state index in [4.69, 9.17) is 9.47 Å². The number of carbonyl (C=O) groups excluding carboxylic acids is 6. The Morgan fingerprint density at radius 1 is 0.520 bits per heavy atom. The topological polar surface area (TPSA) is 168 Å². The van der Waals surface area contributed by atoms with Crippen LogP contribution < -0.4 is 10.6 Å². The Kier molecular flexibility index (Phi) is 48.8. The highest BCUT2D eigenvalue weighted by molar-refractivity contribution is 7.99. The van der Waals surface area contributed by atoms with E-state index in [9.17, 15) is 33.9 Å². The van der Waals surface area contributed by atoms with E-state index in [2.05, 4.69) is 31.4 Å². The van der Waals surface area contributed by atoms with E-state index in [1.54, 1.807) is 0 Å². The highest BCUT2D eigenvalue weighted by Gasteiger charge is 2.35. The molecule has 4 atom stereocenters. The van der Waals surface area contributed by atoms with E-state index in [0.29, 0.717) is 32.2 Å². The van der Waals surface area contributed by atoms with Gasteiger partial charge in [-0.2, -0.15) is 11.8 Å². The third-order valence-corrected chi connectivity index (χ3v) is 16.2. The van der Waals surface area contributed by atoms with Crippen LogP contribution in [0.25, 0.3) is 0 Å². The maximum absolute atomic E-state index is 13.9. The minimum absolute atomic E-state index is 0.0863. The number of rotatable bonds is 55. The first-order valence-corrected chi connectivity index (χ1v) is 32.7. The van der Waals surface area contributed by atoms with Crippen LogP contribution in [0.2, 0.25) is 0 Å². The molecule has 12 nitrogen and oxygen atoms in total. The van der Waals surface area contributed by atoms with Crippen LogP contribution in [0.15, 0.2) is 0 Å². The second-order valence-corrected chi connectivity index (χ2v) is 23.1. The van der Waals surface area contributed by atoms with Crippen LogP contribution in [-0.2, 0) is 38.2 Å². The molecule has 0 bridgehead atoms. The number of hydrogen-bond donors (Lipinski definition) is 3. The van der Waals surface area contributed by atoms with Gasteiger partial charge in [-0.05, 0) is 32.1 Å². The molecule has 1 rings (SSSR count). The second kappa shape index (κ2) is 52.1. The predicted octanol–water partition coefficient (Wildman–Crippen LogP) is 14.8. The average molecular weight is 1080 g/mol. The monoisotopic (exact) mass is 1080 g/mol. The molecule has 1 saturated heterocycles. The zero-order chi connectivity index (χ0) is 54.7. The maximum Gasteiger partial charge on any atom is 0.306 e. The lowest BCUT2D eigenvalue weighted by Gasteiger charge is -2.27. The molecule has 1 heterocycles. The Balaban J connectivity index is 2.82. The van der Waals surface area contributed by atoms with Crippen molar-refractivity contribution >= 4 is 47.7 Å². The molecule has 0 spiro atoms. The Labute approximate surface area is 463 Å². The fourth-order valence-electron chi connectivity index (χ4n) is 10.1. The van der Waals surface area contributed by atoms with Crippen molar-refractivity contribution in [3.05, 3.63) is 0 Å². The minimum Gasteiger partial charge on any atom is -0.462 e. The highest BCUT2D eigenvalue weighted by atomic mass is 32.2. The average Bonchev–Trinajstić information content (AvgIpc) is 3.90. The van der Waals surface area contributed by atoms with Crippen molar-refractivity contribution in [2.24, 2.45) is 0 Å². The summed E-state index contributed by atoms with van der Waals surface area (Å²) >= 11 is 1.29. The van der Waals surface area contributed by atoms with Crippen LogP contribution in [0.5, 0.6) is 0 Å². The third-order valence-electron chi connectivity index (χ3n) is 15.0. The van der Waals surface area contributed by atoms with Crippen LogP contribution in [0.3, 0.4) is 0 Å². The first-order chi connectivity index (χ1) is 36.7. The molecule has 438 valence electrons. The number of nitrogens with zero attached hydrogens (tertiary/aromatic N) is 1. The summed E-state index contributed by atoms with van der Waals surface area (Å²) in [6, 6.07) is -2.95. The normalized spacial score (nSPS) is 14.6. The van der Waals surface area contributed by atoms with Gasteiger partial charge >= 0.3 is 11.9 Å². The maximum atomic E-state index is 13.9. The molecule has 1 fully saturated rings. The number of thioether (sulfide) groups is 1. The number of nitrogens with one attached hydrogen (secondary N) is 2. The van der Waals surface area contributed by atoms with Gasteiger partial charge in [0.25, 0.3) is 0 Å². The van der Waals surface area contributed by atoms with Gasteiger partial charge in [-0.1, -0.05) is 252 Å². The van der Waals surface area contributed by atoms with Crippen LogP contribution in [0, 0.1) is 0 Å². The minimum atomic E-state index is -1.28. The molecular formula is C62H115N3O9S. The van der Waals surface area contributed by atoms with Crippen molar-refractivity contribution in [3.63, 3.8) is 0 Å². The zero-order valence-corrected chi connectivity index (χ0v) is 49.4. The summed E-state index contributed by atoms with van der Waals surface area (Å²) in [7, 11) is 0. The lowest BCUT2D eigenvalue weighted by molar-refractivity contribution is -0.157. The smallest absolute Gasteiger partial charge is 0.306 e. The summed E-state index contributed by atoms with van der Waals surface area (Å²) in [5, 5.41) is 15.8. The molecule has 0 radical (unpaired) electrons. The molecule has 0 aliphatic carbocycles. The first kappa shape index (κ1) is 70.3. The molecule has 75 heavy (non-hydrogen) atoms. The predicted molar refractivity (Wildman–Crippen MR) is 311 cm³/mol. The highest BCUT2D eigenvalue weighted by Crippen LogP contribution is 2.20. The van der Waals surface area contributed by atoms with Gasteiger partial charge < -0.3 is 34.9 Å². The number of carbonyl (C=O) groups is 6. The van der Waals surface area contributed by atoms with Crippen LogP contribution in [0.4, 0.5) is 0 Å². The number of aliphatic hydroxyl groups is 1. The van der Waals surface area contributed by atoms with Gasteiger partial charge in [0.2, 0.25) is 17.7 Å². The molecule has 0 aromatic heterocycles. The Bertz CT molecular complexity index is 1400. The number of esters is 2. The quantitative estimate of drug-likeness (QED) is 0.0303. The fourth-order valence-corrected chi connectivity index (χ4v) is 11.2. The third kappa shape index (κ3) is 41.1. The van der Waals surface area contributed by atoms with Gasteiger partial charge in [0, 0.05) is 37.3 Å². The molecule has 3 N–H and O–H groups in total. The van der Waals surface area contributed by atoms with Gasteiger partial charge in [-0.15, -0.1) is 0 Å². The standard InChI is InChI=1S/C62H115N3O9S/c1-4-7-10-13-16-19-22-25-28-31-34-37-40-45-58(68)63-57(61(71)64-56(50-67)62(72)65-48-43-44-54(65)49-66)53-75-52-55(74-60(70)47-42-39-36-33-30-27-24-21-18-15-12-9-6-3)51-73-59(69)46-41-38-35-32-29-26-23-20-17-14-11-8-5-2/h49,54-57,67H,4-48,50-53H2,1-3H3,(H,63,68)(H,64,71)/t54-,55?,56-,57-/m0/s1. The summed E-state index contributed by atoms with van der Waals surface area (Å²) in [5.41, 5.74) is 0.